The van der Waals surface area contributed by atoms with Gasteiger partial charge >= 0.3 is 5.97 Å². The number of phenolic OH excluding ortho intramolecular Hbond substituents is 2. The molecule has 1 aromatic rings. The van der Waals surface area contributed by atoms with E-state index in [1.54, 1.807) is 6.08 Å². The molecule has 2 bridgehead atoms. The summed E-state index contributed by atoms with van der Waals surface area (Å²) in [6, 6.07) is 2.88. The number of aromatic hydroxyl groups is 2. The third-order valence-electron chi connectivity index (χ3n) is 5.31. The lowest BCUT2D eigenvalue weighted by Crippen LogP contribution is -2.51. The van der Waals surface area contributed by atoms with E-state index in [0.29, 0.717) is 16.7 Å². The molecule has 0 amide bonds. The van der Waals surface area contributed by atoms with Crippen molar-refractivity contribution in [2.24, 2.45) is 17.3 Å². The minimum atomic E-state index is -0.452. The molecular weight excluding hydrogens is 296 g/mol. The van der Waals surface area contributed by atoms with E-state index in [4.69, 9.17) is 0 Å². The van der Waals surface area contributed by atoms with Crippen LogP contribution in [0.15, 0.2) is 18.2 Å². The van der Waals surface area contributed by atoms with Gasteiger partial charge in [0.25, 0.3) is 0 Å². The number of allylic oxidation sites excluding steroid dienone is 2. The fourth-order valence-corrected chi connectivity index (χ4v) is 3.84. The first-order valence-electron chi connectivity index (χ1n) is 7.63. The van der Waals surface area contributed by atoms with Gasteiger partial charge in [-0.1, -0.05) is 13.8 Å². The molecule has 23 heavy (non-hydrogen) atoms. The highest BCUT2D eigenvalue weighted by molar-refractivity contribution is 6.04. The van der Waals surface area contributed by atoms with Crippen LogP contribution in [0.25, 0.3) is 5.57 Å². The van der Waals surface area contributed by atoms with Crippen molar-refractivity contribution in [3.05, 3.63) is 29.3 Å². The quantitative estimate of drug-likeness (QED) is 0.837. The monoisotopic (exact) mass is 316 g/mol. The molecule has 2 N–H and O–H groups in total. The minimum absolute atomic E-state index is 0.0270. The van der Waals surface area contributed by atoms with Crippen LogP contribution in [0.4, 0.5) is 0 Å². The number of methoxy groups -OCH3 is 1. The van der Waals surface area contributed by atoms with Crippen LogP contribution in [0, 0.1) is 17.3 Å². The first-order chi connectivity index (χ1) is 10.8. The summed E-state index contributed by atoms with van der Waals surface area (Å²) in [6.07, 6.45) is 2.26. The summed E-state index contributed by atoms with van der Waals surface area (Å²) in [5.41, 5.74) is 1.28. The zero-order valence-corrected chi connectivity index (χ0v) is 13.4. The summed E-state index contributed by atoms with van der Waals surface area (Å²) < 4.78 is 4.59. The predicted octanol–water partition coefficient (Wildman–Crippen LogP) is 2.44. The van der Waals surface area contributed by atoms with Crippen LogP contribution in [0.2, 0.25) is 0 Å². The Morgan fingerprint density at radius 3 is 2.35 bits per heavy atom. The van der Waals surface area contributed by atoms with Crippen LogP contribution in [0.1, 0.15) is 31.4 Å². The molecule has 3 aliphatic rings. The topological polar surface area (TPSA) is 83.8 Å². The maximum absolute atomic E-state index is 12.2. The standard InChI is InChI=1S/C18H20O5/c1-18(2)11-8-12(18)13(19)7-10(11)17-14(20)4-9(5-15(17)21)6-16(22)23-3/h4-5,7,11-12,20-21H,6,8H2,1-3H3/t11?,12-/m0/s1. The lowest BCUT2D eigenvalue weighted by molar-refractivity contribution is -0.139. The van der Waals surface area contributed by atoms with Gasteiger partial charge in [0.2, 0.25) is 0 Å². The van der Waals surface area contributed by atoms with E-state index in [1.165, 1.54) is 19.2 Å². The van der Waals surface area contributed by atoms with E-state index in [9.17, 15) is 19.8 Å². The second-order valence-electron chi connectivity index (χ2n) is 6.93. The Bertz CT molecular complexity index is 706. The van der Waals surface area contributed by atoms with Gasteiger partial charge < -0.3 is 14.9 Å². The second-order valence-corrected chi connectivity index (χ2v) is 6.93. The lowest BCUT2D eigenvalue weighted by atomic mass is 9.48. The minimum Gasteiger partial charge on any atom is -0.507 e. The van der Waals surface area contributed by atoms with Crippen LogP contribution in [0.5, 0.6) is 11.5 Å². The number of phenols is 2. The number of benzene rings is 1. The van der Waals surface area contributed by atoms with Gasteiger partial charge in [-0.3, -0.25) is 9.59 Å². The van der Waals surface area contributed by atoms with Gasteiger partial charge in [-0.2, -0.15) is 0 Å². The van der Waals surface area contributed by atoms with Crippen molar-refractivity contribution >= 4 is 17.3 Å². The van der Waals surface area contributed by atoms with Crippen LogP contribution in [0.3, 0.4) is 0 Å². The van der Waals surface area contributed by atoms with E-state index in [2.05, 4.69) is 4.74 Å². The largest absolute Gasteiger partial charge is 0.507 e. The Labute approximate surface area is 134 Å². The third kappa shape index (κ3) is 2.31. The molecule has 4 rings (SSSR count). The van der Waals surface area contributed by atoms with E-state index < -0.39 is 5.97 Å². The van der Waals surface area contributed by atoms with Gasteiger partial charge in [0.05, 0.1) is 19.1 Å². The van der Waals surface area contributed by atoms with Crippen molar-refractivity contribution in [3.63, 3.8) is 0 Å². The first-order valence-corrected chi connectivity index (χ1v) is 7.63. The Balaban J connectivity index is 2.01. The van der Waals surface area contributed by atoms with Gasteiger partial charge in [0.1, 0.15) is 11.5 Å². The van der Waals surface area contributed by atoms with Gasteiger partial charge in [-0.15, -0.1) is 0 Å². The third-order valence-corrected chi connectivity index (χ3v) is 5.31. The number of esters is 1. The molecule has 122 valence electrons. The normalized spacial score (nSPS) is 24.7. The summed E-state index contributed by atoms with van der Waals surface area (Å²) in [7, 11) is 1.28. The number of rotatable bonds is 3. The summed E-state index contributed by atoms with van der Waals surface area (Å²) in [5.74, 6) is -0.489. The molecule has 0 aromatic heterocycles. The van der Waals surface area contributed by atoms with E-state index in [0.717, 1.165) is 6.42 Å². The predicted molar refractivity (Wildman–Crippen MR) is 83.9 cm³/mol. The molecule has 0 saturated heterocycles. The van der Waals surface area contributed by atoms with Crippen LogP contribution >= 0.6 is 0 Å². The molecule has 0 radical (unpaired) electrons. The molecule has 1 unspecified atom stereocenters. The number of carbonyl (C=O) groups excluding carboxylic acids is 2. The number of ether oxygens (including phenoxy) is 1. The highest BCUT2D eigenvalue weighted by Gasteiger charge is 2.56. The zero-order valence-electron chi connectivity index (χ0n) is 13.4. The Hall–Kier alpha value is -2.30. The van der Waals surface area contributed by atoms with Crippen molar-refractivity contribution < 1.29 is 24.5 Å². The number of hydrogen-bond donors (Lipinski definition) is 2. The molecule has 1 aromatic carbocycles. The maximum atomic E-state index is 12.2. The van der Waals surface area contributed by atoms with Crippen LogP contribution in [-0.4, -0.2) is 29.1 Å². The summed E-state index contributed by atoms with van der Waals surface area (Å²) >= 11 is 0. The van der Waals surface area contributed by atoms with E-state index in [-0.39, 0.29) is 41.0 Å². The number of carbonyl (C=O) groups is 2. The van der Waals surface area contributed by atoms with Crippen molar-refractivity contribution in [2.45, 2.75) is 26.7 Å². The Morgan fingerprint density at radius 1 is 1.26 bits per heavy atom. The second kappa shape index (κ2) is 5.11. The highest BCUT2D eigenvalue weighted by atomic mass is 16.5. The molecule has 2 atom stereocenters. The van der Waals surface area contributed by atoms with Crippen molar-refractivity contribution in [1.29, 1.82) is 0 Å². The molecule has 1 saturated carbocycles. The lowest BCUT2D eigenvalue weighted by Gasteiger charge is -2.55. The van der Waals surface area contributed by atoms with Crippen molar-refractivity contribution in [2.75, 3.05) is 7.11 Å². The van der Waals surface area contributed by atoms with Gasteiger partial charge in [-0.05, 0) is 47.1 Å². The molecule has 0 heterocycles. The van der Waals surface area contributed by atoms with Gasteiger partial charge in [0, 0.05) is 5.92 Å². The fraction of sp³-hybridized carbons (Fsp3) is 0.444. The smallest absolute Gasteiger partial charge is 0.309 e. The van der Waals surface area contributed by atoms with Crippen molar-refractivity contribution in [3.8, 4) is 11.5 Å². The average Bonchev–Trinajstić information content (AvgIpc) is 2.45. The Kier molecular flexibility index (Phi) is 3.47. The first kappa shape index (κ1) is 15.6. The molecule has 5 nitrogen and oxygen atoms in total. The van der Waals surface area contributed by atoms with E-state index >= 15 is 0 Å². The average molecular weight is 316 g/mol. The Morgan fingerprint density at radius 2 is 1.87 bits per heavy atom. The van der Waals surface area contributed by atoms with Gasteiger partial charge in [0.15, 0.2) is 5.78 Å². The summed E-state index contributed by atoms with van der Waals surface area (Å²) in [4.78, 5) is 23.5. The number of fused-ring (bicyclic) bond motifs is 1. The number of hydrogen-bond acceptors (Lipinski definition) is 5. The fourth-order valence-electron chi connectivity index (χ4n) is 3.84. The number of ketones is 1. The zero-order chi connectivity index (χ0) is 16.9. The van der Waals surface area contributed by atoms with Crippen LogP contribution in [-0.2, 0) is 20.7 Å². The molecule has 5 heteroatoms. The van der Waals surface area contributed by atoms with Crippen LogP contribution < -0.4 is 0 Å². The van der Waals surface area contributed by atoms with Crippen molar-refractivity contribution in [1.82, 2.24) is 0 Å². The molecule has 0 aliphatic heterocycles. The highest BCUT2D eigenvalue weighted by Crippen LogP contribution is 2.61. The molecule has 3 aliphatic carbocycles. The molecular formula is C18H20O5. The molecule has 0 spiro atoms. The SMILES string of the molecule is COC(=O)Cc1cc(O)c(C2=CC(=O)[C@@H]3CC2C3(C)C)c(O)c1. The van der Waals surface area contributed by atoms with E-state index in [1.807, 2.05) is 13.8 Å². The summed E-state index contributed by atoms with van der Waals surface area (Å²) in [5, 5.41) is 20.7. The van der Waals surface area contributed by atoms with Gasteiger partial charge in [-0.25, -0.2) is 0 Å². The molecule has 1 fully saturated rings. The maximum Gasteiger partial charge on any atom is 0.309 e. The summed E-state index contributed by atoms with van der Waals surface area (Å²) in [6.45, 7) is 4.08.